The van der Waals surface area contributed by atoms with E-state index in [9.17, 15) is 9.59 Å². The van der Waals surface area contributed by atoms with Crippen molar-refractivity contribution in [2.75, 3.05) is 17.7 Å². The van der Waals surface area contributed by atoms with Crippen LogP contribution < -0.4 is 10.6 Å². The van der Waals surface area contributed by atoms with Crippen LogP contribution in [0.5, 0.6) is 0 Å². The van der Waals surface area contributed by atoms with Crippen molar-refractivity contribution in [3.63, 3.8) is 0 Å². The van der Waals surface area contributed by atoms with E-state index >= 15 is 0 Å². The van der Waals surface area contributed by atoms with E-state index in [1.165, 1.54) is 7.11 Å². The predicted molar refractivity (Wildman–Crippen MR) is 107 cm³/mol. The van der Waals surface area contributed by atoms with Gasteiger partial charge in [0.05, 0.1) is 12.7 Å². The minimum Gasteiger partial charge on any atom is -0.465 e. The Bertz CT molecular complexity index is 999. The molecule has 0 saturated carbocycles. The van der Waals surface area contributed by atoms with Crippen LogP contribution in [0.25, 0.3) is 0 Å². The molecule has 2 N–H and O–H groups in total. The lowest BCUT2D eigenvalue weighted by Gasteiger charge is -2.08. The van der Waals surface area contributed by atoms with Gasteiger partial charge < -0.3 is 15.4 Å². The normalized spacial score (nSPS) is 10.2. The van der Waals surface area contributed by atoms with E-state index in [4.69, 9.17) is 0 Å². The summed E-state index contributed by atoms with van der Waals surface area (Å²) in [7, 11) is 1.34. The highest BCUT2D eigenvalue weighted by Gasteiger charge is 2.09. The molecule has 1 heterocycles. The number of hydrogen-bond donors (Lipinski definition) is 2. The van der Waals surface area contributed by atoms with Crippen LogP contribution in [0.3, 0.4) is 0 Å². The fourth-order valence-electron chi connectivity index (χ4n) is 2.49. The second-order valence-corrected chi connectivity index (χ2v) is 6.25. The largest absolute Gasteiger partial charge is 0.465 e. The second kappa shape index (κ2) is 8.30. The molecule has 0 aliphatic heterocycles. The summed E-state index contributed by atoms with van der Waals surface area (Å²) in [6.45, 7) is 3.96. The molecule has 3 rings (SSSR count). The van der Waals surface area contributed by atoms with E-state index in [2.05, 4.69) is 25.6 Å². The summed E-state index contributed by atoms with van der Waals surface area (Å²) in [6.07, 6.45) is 0. The Hall–Kier alpha value is -3.74. The summed E-state index contributed by atoms with van der Waals surface area (Å²) < 4.78 is 4.67. The monoisotopic (exact) mass is 376 g/mol. The first-order valence-corrected chi connectivity index (χ1v) is 8.64. The highest BCUT2D eigenvalue weighted by atomic mass is 16.5. The van der Waals surface area contributed by atoms with Crippen molar-refractivity contribution in [3.8, 4) is 0 Å². The van der Waals surface area contributed by atoms with Crippen LogP contribution in [-0.4, -0.2) is 29.2 Å². The number of rotatable bonds is 5. The zero-order valence-corrected chi connectivity index (χ0v) is 15.8. The van der Waals surface area contributed by atoms with Gasteiger partial charge in [0.15, 0.2) is 11.6 Å². The lowest BCUT2D eigenvalue weighted by molar-refractivity contribution is 0.0600. The molecule has 0 aliphatic carbocycles. The maximum absolute atomic E-state index is 12.3. The Kier molecular flexibility index (Phi) is 5.64. The van der Waals surface area contributed by atoms with Gasteiger partial charge in [0, 0.05) is 11.3 Å². The molecule has 1 amide bonds. The van der Waals surface area contributed by atoms with E-state index in [1.54, 1.807) is 42.5 Å². The Balaban J connectivity index is 1.63. The van der Waals surface area contributed by atoms with Crippen LogP contribution in [0.4, 0.5) is 17.3 Å². The first-order chi connectivity index (χ1) is 13.5. The van der Waals surface area contributed by atoms with E-state index < -0.39 is 5.97 Å². The van der Waals surface area contributed by atoms with Crippen molar-refractivity contribution in [1.82, 2.24) is 10.2 Å². The highest BCUT2D eigenvalue weighted by Crippen LogP contribution is 2.17. The Morgan fingerprint density at radius 3 is 2.07 bits per heavy atom. The molecular weight excluding hydrogens is 356 g/mol. The molecule has 0 fully saturated rings. The molecule has 3 aromatic rings. The lowest BCUT2D eigenvalue weighted by Crippen LogP contribution is -2.13. The average molecular weight is 376 g/mol. The minimum absolute atomic E-state index is 0.239. The van der Waals surface area contributed by atoms with Crippen LogP contribution in [-0.2, 0) is 4.74 Å². The third-order valence-corrected chi connectivity index (χ3v) is 4.25. The summed E-state index contributed by atoms with van der Waals surface area (Å²) in [5.74, 6) is 0.233. The van der Waals surface area contributed by atoms with Crippen LogP contribution in [0.2, 0.25) is 0 Å². The first kappa shape index (κ1) is 19.0. The van der Waals surface area contributed by atoms with Crippen molar-refractivity contribution >= 4 is 29.2 Å². The van der Waals surface area contributed by atoms with Gasteiger partial charge in [-0.1, -0.05) is 6.07 Å². The number of carbonyl (C=O) groups excluding carboxylic acids is 2. The Labute approximate surface area is 162 Å². The van der Waals surface area contributed by atoms with Gasteiger partial charge in [-0.15, -0.1) is 10.2 Å². The maximum atomic E-state index is 12.3. The van der Waals surface area contributed by atoms with Gasteiger partial charge >= 0.3 is 5.97 Å². The smallest absolute Gasteiger partial charge is 0.337 e. The van der Waals surface area contributed by atoms with Gasteiger partial charge in [0.25, 0.3) is 5.91 Å². The van der Waals surface area contributed by atoms with E-state index in [0.29, 0.717) is 22.8 Å². The third kappa shape index (κ3) is 4.50. The molecule has 2 aromatic carbocycles. The van der Waals surface area contributed by atoms with Crippen LogP contribution in [0.1, 0.15) is 31.8 Å². The van der Waals surface area contributed by atoms with Gasteiger partial charge in [-0.3, -0.25) is 4.79 Å². The minimum atomic E-state index is -0.393. The number of anilines is 3. The van der Waals surface area contributed by atoms with Gasteiger partial charge in [0.1, 0.15) is 0 Å². The number of methoxy groups -OCH3 is 1. The quantitative estimate of drug-likeness (QED) is 0.657. The second-order valence-electron chi connectivity index (χ2n) is 6.25. The molecule has 0 radical (unpaired) electrons. The molecule has 0 unspecified atom stereocenters. The molecule has 0 atom stereocenters. The van der Waals surface area contributed by atoms with Gasteiger partial charge in [-0.2, -0.15) is 0 Å². The van der Waals surface area contributed by atoms with Crippen molar-refractivity contribution < 1.29 is 14.3 Å². The maximum Gasteiger partial charge on any atom is 0.337 e. The van der Waals surface area contributed by atoms with Crippen molar-refractivity contribution in [3.05, 3.63) is 76.9 Å². The average Bonchev–Trinajstić information content (AvgIpc) is 2.71. The highest BCUT2D eigenvalue weighted by molar-refractivity contribution is 6.03. The molecule has 1 aromatic heterocycles. The molecule has 7 heteroatoms. The van der Waals surface area contributed by atoms with Crippen LogP contribution >= 0.6 is 0 Å². The molecule has 0 bridgehead atoms. The fraction of sp³-hybridized carbons (Fsp3) is 0.143. The molecule has 0 spiro atoms. The number of hydrogen-bond acceptors (Lipinski definition) is 6. The van der Waals surface area contributed by atoms with Gasteiger partial charge in [0.2, 0.25) is 0 Å². The first-order valence-electron chi connectivity index (χ1n) is 8.64. The van der Waals surface area contributed by atoms with E-state index in [1.807, 2.05) is 26.0 Å². The zero-order valence-electron chi connectivity index (χ0n) is 15.8. The number of nitrogens with one attached hydrogen (secondary N) is 2. The number of aryl methyl sites for hydroxylation is 2. The molecule has 0 saturated heterocycles. The molecule has 142 valence electrons. The Morgan fingerprint density at radius 2 is 1.46 bits per heavy atom. The summed E-state index contributed by atoms with van der Waals surface area (Å²) in [6, 6.07) is 15.7. The standard InChI is InChI=1S/C21H20N4O3/c1-13-4-5-16(12-14(13)2)20(26)23-19-11-10-18(24-25-19)22-17-8-6-15(7-9-17)21(27)28-3/h4-12H,1-3H3,(H,22,24)(H,23,25,26). The molecular formula is C21H20N4O3. The van der Waals surface area contributed by atoms with Gasteiger partial charge in [-0.05, 0) is 73.5 Å². The Morgan fingerprint density at radius 1 is 0.821 bits per heavy atom. The van der Waals surface area contributed by atoms with Gasteiger partial charge in [-0.25, -0.2) is 4.79 Å². The number of ether oxygens (including phenoxy) is 1. The lowest BCUT2D eigenvalue weighted by atomic mass is 10.1. The summed E-state index contributed by atoms with van der Waals surface area (Å²) in [5.41, 5.74) is 3.96. The summed E-state index contributed by atoms with van der Waals surface area (Å²) in [5, 5.41) is 13.9. The number of nitrogens with zero attached hydrogens (tertiary/aromatic N) is 2. The summed E-state index contributed by atoms with van der Waals surface area (Å²) in [4.78, 5) is 23.8. The van der Waals surface area contributed by atoms with Crippen LogP contribution in [0, 0.1) is 13.8 Å². The SMILES string of the molecule is COC(=O)c1ccc(Nc2ccc(NC(=O)c3ccc(C)c(C)c3)nn2)cc1. The third-order valence-electron chi connectivity index (χ3n) is 4.25. The molecule has 28 heavy (non-hydrogen) atoms. The topological polar surface area (TPSA) is 93.2 Å². The number of esters is 1. The van der Waals surface area contributed by atoms with Crippen molar-refractivity contribution in [2.24, 2.45) is 0 Å². The van der Waals surface area contributed by atoms with E-state index in [0.717, 1.165) is 16.8 Å². The van der Waals surface area contributed by atoms with Crippen LogP contribution in [0.15, 0.2) is 54.6 Å². The number of carbonyl (C=O) groups is 2. The molecule has 7 nitrogen and oxygen atoms in total. The predicted octanol–water partition coefficient (Wildman–Crippen LogP) is 3.88. The number of aromatic nitrogens is 2. The number of amides is 1. The zero-order chi connectivity index (χ0) is 20.1. The fourth-order valence-corrected chi connectivity index (χ4v) is 2.49. The van der Waals surface area contributed by atoms with Crippen molar-refractivity contribution in [2.45, 2.75) is 13.8 Å². The number of benzene rings is 2. The summed E-state index contributed by atoms with van der Waals surface area (Å²) >= 11 is 0. The van der Waals surface area contributed by atoms with Crippen molar-refractivity contribution in [1.29, 1.82) is 0 Å². The molecule has 0 aliphatic rings. The van der Waals surface area contributed by atoms with E-state index in [-0.39, 0.29) is 5.91 Å².